The number of carbonyl (C=O) groups excluding carboxylic acids is 1. The van der Waals surface area contributed by atoms with E-state index in [1.54, 1.807) is 18.0 Å². The number of urea groups is 1. The summed E-state index contributed by atoms with van der Waals surface area (Å²) in [6.45, 7) is 2.36. The number of rotatable bonds is 5. The number of hydrogen-bond donors (Lipinski definition) is 1. The number of nitrogens with one attached hydrogen (secondary N) is 1. The molecule has 0 spiro atoms. The van der Waals surface area contributed by atoms with Gasteiger partial charge in [-0.25, -0.2) is 9.18 Å². The van der Waals surface area contributed by atoms with Crippen molar-refractivity contribution in [3.05, 3.63) is 71.7 Å². The molecule has 25 heavy (non-hydrogen) atoms. The molecule has 0 saturated heterocycles. The van der Waals surface area contributed by atoms with E-state index >= 15 is 0 Å². The highest BCUT2D eigenvalue weighted by Gasteiger charge is 2.20. The van der Waals surface area contributed by atoms with Crippen LogP contribution >= 0.6 is 0 Å². The van der Waals surface area contributed by atoms with E-state index in [2.05, 4.69) is 5.32 Å². The molecule has 130 valence electrons. The minimum Gasteiger partial charge on any atom is -0.459 e. The smallest absolute Gasteiger partial charge is 0.317 e. The Morgan fingerprint density at radius 3 is 2.76 bits per heavy atom. The van der Waals surface area contributed by atoms with Gasteiger partial charge in [0.25, 0.3) is 0 Å². The fourth-order valence-electron chi connectivity index (χ4n) is 2.71. The van der Waals surface area contributed by atoms with E-state index in [-0.39, 0.29) is 17.9 Å². The van der Waals surface area contributed by atoms with Crippen molar-refractivity contribution in [1.82, 2.24) is 10.2 Å². The van der Waals surface area contributed by atoms with Crippen LogP contribution in [0.5, 0.6) is 0 Å². The zero-order chi connectivity index (χ0) is 17.8. The van der Waals surface area contributed by atoms with Crippen LogP contribution < -0.4 is 5.32 Å². The summed E-state index contributed by atoms with van der Waals surface area (Å²) in [5.41, 5.74) is 1.66. The predicted octanol–water partition coefficient (Wildman–Crippen LogP) is 4.52. The van der Waals surface area contributed by atoms with Crippen molar-refractivity contribution < 1.29 is 13.6 Å². The first-order valence-electron chi connectivity index (χ1n) is 8.28. The van der Waals surface area contributed by atoms with Crippen molar-refractivity contribution in [1.29, 1.82) is 0 Å². The molecule has 1 atom stereocenters. The lowest BCUT2D eigenvalue weighted by atomic mass is 10.1. The maximum Gasteiger partial charge on any atom is 0.317 e. The lowest BCUT2D eigenvalue weighted by molar-refractivity contribution is 0.188. The van der Waals surface area contributed by atoms with Gasteiger partial charge in [-0.05, 0) is 43.2 Å². The molecule has 4 nitrogen and oxygen atoms in total. The summed E-state index contributed by atoms with van der Waals surface area (Å²) in [7, 11) is 1.73. The minimum atomic E-state index is -0.264. The first kappa shape index (κ1) is 17.0. The second-order valence-corrected chi connectivity index (χ2v) is 6.09. The molecule has 0 saturated carbocycles. The molecule has 1 aromatic heterocycles. The number of fused-ring (bicyclic) bond motifs is 1. The van der Waals surface area contributed by atoms with Crippen molar-refractivity contribution in [2.45, 2.75) is 19.4 Å². The summed E-state index contributed by atoms with van der Waals surface area (Å²) in [6.07, 6.45) is 0.580. The van der Waals surface area contributed by atoms with Gasteiger partial charge in [-0.1, -0.05) is 30.3 Å². The second-order valence-electron chi connectivity index (χ2n) is 6.09. The number of para-hydroxylation sites is 1. The lowest BCUT2D eigenvalue weighted by Crippen LogP contribution is -2.39. The van der Waals surface area contributed by atoms with Gasteiger partial charge in [-0.15, -0.1) is 0 Å². The van der Waals surface area contributed by atoms with E-state index < -0.39 is 0 Å². The number of halogens is 1. The second kappa shape index (κ2) is 7.38. The Bertz CT molecular complexity index is 842. The van der Waals surface area contributed by atoms with Crippen molar-refractivity contribution in [3.63, 3.8) is 0 Å². The first-order valence-corrected chi connectivity index (χ1v) is 8.28. The monoisotopic (exact) mass is 340 g/mol. The van der Waals surface area contributed by atoms with Crippen LogP contribution in [0.25, 0.3) is 11.0 Å². The molecule has 3 aromatic rings. The Kier molecular flexibility index (Phi) is 5.03. The van der Waals surface area contributed by atoms with Crippen LogP contribution in [0.4, 0.5) is 9.18 Å². The van der Waals surface area contributed by atoms with E-state index in [4.69, 9.17) is 4.42 Å². The van der Waals surface area contributed by atoms with Crippen LogP contribution in [0.3, 0.4) is 0 Å². The van der Waals surface area contributed by atoms with Gasteiger partial charge in [-0.3, -0.25) is 0 Å². The Balaban J connectivity index is 1.57. The number of furan rings is 1. The van der Waals surface area contributed by atoms with Crippen LogP contribution in [0.15, 0.2) is 59.0 Å². The van der Waals surface area contributed by atoms with Crippen molar-refractivity contribution in [3.8, 4) is 0 Å². The molecule has 0 aliphatic carbocycles. The molecule has 3 rings (SSSR count). The molecule has 0 radical (unpaired) electrons. The van der Waals surface area contributed by atoms with Crippen LogP contribution in [0.1, 0.15) is 24.3 Å². The largest absolute Gasteiger partial charge is 0.459 e. The number of nitrogens with zero attached hydrogens (tertiary/aromatic N) is 1. The third kappa shape index (κ3) is 3.99. The van der Waals surface area contributed by atoms with Crippen LogP contribution in [0, 0.1) is 5.82 Å². The van der Waals surface area contributed by atoms with E-state index in [1.165, 1.54) is 12.1 Å². The van der Waals surface area contributed by atoms with E-state index in [9.17, 15) is 9.18 Å². The molecular formula is C20H21FN2O2. The highest BCUT2D eigenvalue weighted by Crippen LogP contribution is 2.26. The topological polar surface area (TPSA) is 45.5 Å². The zero-order valence-electron chi connectivity index (χ0n) is 14.3. The summed E-state index contributed by atoms with van der Waals surface area (Å²) in [4.78, 5) is 13.9. The van der Waals surface area contributed by atoms with Gasteiger partial charge in [0.2, 0.25) is 0 Å². The summed E-state index contributed by atoms with van der Waals surface area (Å²) in [5, 5.41) is 3.88. The zero-order valence-corrected chi connectivity index (χ0v) is 14.3. The predicted molar refractivity (Wildman–Crippen MR) is 95.9 cm³/mol. The van der Waals surface area contributed by atoms with Crippen molar-refractivity contribution in [2.75, 3.05) is 13.6 Å². The highest BCUT2D eigenvalue weighted by atomic mass is 19.1. The third-order valence-corrected chi connectivity index (χ3v) is 4.34. The van der Waals surface area contributed by atoms with Gasteiger partial charge in [0.05, 0.1) is 6.04 Å². The summed E-state index contributed by atoms with van der Waals surface area (Å²) < 4.78 is 19.0. The number of carbonyl (C=O) groups is 1. The molecule has 2 amide bonds. The average molecular weight is 340 g/mol. The molecule has 2 aromatic carbocycles. The maximum absolute atomic E-state index is 13.2. The van der Waals surface area contributed by atoms with Gasteiger partial charge in [0.1, 0.15) is 17.2 Å². The molecular weight excluding hydrogens is 319 g/mol. The third-order valence-electron chi connectivity index (χ3n) is 4.34. The van der Waals surface area contributed by atoms with Crippen molar-refractivity contribution >= 4 is 17.0 Å². The Labute approximate surface area is 146 Å². The first-order chi connectivity index (χ1) is 12.0. The van der Waals surface area contributed by atoms with Gasteiger partial charge in [0, 0.05) is 19.0 Å². The molecule has 1 unspecified atom stereocenters. The number of hydrogen-bond acceptors (Lipinski definition) is 2. The summed E-state index contributed by atoms with van der Waals surface area (Å²) in [5.74, 6) is 0.475. The van der Waals surface area contributed by atoms with Gasteiger partial charge >= 0.3 is 6.03 Å². The number of amides is 2. The maximum atomic E-state index is 13.2. The Hall–Kier alpha value is -2.82. The minimum absolute atomic E-state index is 0.190. The molecule has 0 fully saturated rings. The van der Waals surface area contributed by atoms with E-state index in [1.807, 2.05) is 43.3 Å². The normalized spacial score (nSPS) is 12.1. The molecule has 0 bridgehead atoms. The highest BCUT2D eigenvalue weighted by molar-refractivity contribution is 5.78. The number of benzene rings is 2. The van der Waals surface area contributed by atoms with Crippen LogP contribution in [-0.4, -0.2) is 24.5 Å². The fraction of sp³-hybridized carbons (Fsp3) is 0.250. The molecule has 1 N–H and O–H groups in total. The van der Waals surface area contributed by atoms with Gasteiger partial charge in [0.15, 0.2) is 0 Å². The standard InChI is InChI=1S/C20H21FN2O2/c1-14(19-13-16-7-3-4-9-18(16)25-19)23(2)20(24)22-11-10-15-6-5-8-17(21)12-15/h3-9,12-14H,10-11H2,1-2H3,(H,22,24). The molecule has 5 heteroatoms. The van der Waals surface area contributed by atoms with Crippen LogP contribution in [0.2, 0.25) is 0 Å². The lowest BCUT2D eigenvalue weighted by Gasteiger charge is -2.23. The Morgan fingerprint density at radius 1 is 1.20 bits per heavy atom. The SMILES string of the molecule is CC(c1cc2ccccc2o1)N(C)C(=O)NCCc1cccc(F)c1. The van der Waals surface area contributed by atoms with E-state index in [0.717, 1.165) is 22.3 Å². The van der Waals surface area contributed by atoms with Gasteiger partial charge < -0.3 is 14.6 Å². The van der Waals surface area contributed by atoms with Gasteiger partial charge in [-0.2, -0.15) is 0 Å². The molecule has 0 aliphatic heterocycles. The van der Waals surface area contributed by atoms with E-state index in [0.29, 0.717) is 13.0 Å². The fourth-order valence-corrected chi connectivity index (χ4v) is 2.71. The van der Waals surface area contributed by atoms with Crippen molar-refractivity contribution in [2.24, 2.45) is 0 Å². The summed E-state index contributed by atoms with van der Waals surface area (Å²) in [6, 6.07) is 15.7. The molecule has 1 heterocycles. The quantitative estimate of drug-likeness (QED) is 0.742. The van der Waals surface area contributed by atoms with Crippen LogP contribution in [-0.2, 0) is 6.42 Å². The average Bonchev–Trinajstić information content (AvgIpc) is 3.04. The summed E-state index contributed by atoms with van der Waals surface area (Å²) >= 11 is 0. The molecule has 0 aliphatic rings. The Morgan fingerprint density at radius 2 is 2.00 bits per heavy atom.